The summed E-state index contributed by atoms with van der Waals surface area (Å²) < 4.78 is 13.7. The van der Waals surface area contributed by atoms with Crippen LogP contribution in [0, 0.1) is 5.82 Å². The highest BCUT2D eigenvalue weighted by atomic mass is 35.5. The molecule has 17 heavy (non-hydrogen) atoms. The maximum absolute atomic E-state index is 13.7. The summed E-state index contributed by atoms with van der Waals surface area (Å²) in [5.41, 5.74) is 7.56. The predicted molar refractivity (Wildman–Crippen MR) is 69.7 cm³/mol. The summed E-state index contributed by atoms with van der Waals surface area (Å²) in [5.74, 6) is -0.305. The molecule has 0 aromatic heterocycles. The van der Waals surface area contributed by atoms with Crippen molar-refractivity contribution in [2.75, 3.05) is 0 Å². The second-order valence-electron chi connectivity index (χ2n) is 3.65. The third kappa shape index (κ3) is 2.60. The number of hydrogen-bond donors (Lipinski definition) is 1. The fourth-order valence-corrected chi connectivity index (χ4v) is 1.88. The minimum absolute atomic E-state index is 0.305. The molecule has 2 rings (SSSR count). The topological polar surface area (TPSA) is 26.0 Å². The smallest absolute Gasteiger partial charge is 0.131 e. The highest BCUT2D eigenvalue weighted by Gasteiger charge is 2.08. The molecule has 0 amide bonds. The molecular weight excluding hydrogens is 260 g/mol. The maximum Gasteiger partial charge on any atom is 0.131 e. The molecule has 2 aromatic carbocycles. The molecule has 0 bridgehead atoms. The molecule has 1 nitrogen and oxygen atoms in total. The molecule has 2 N–H and O–H groups in total. The van der Waals surface area contributed by atoms with Crippen molar-refractivity contribution in [3.05, 3.63) is 57.8 Å². The van der Waals surface area contributed by atoms with Gasteiger partial charge in [-0.2, -0.15) is 0 Å². The monoisotopic (exact) mass is 269 g/mol. The Morgan fingerprint density at radius 3 is 2.41 bits per heavy atom. The van der Waals surface area contributed by atoms with Gasteiger partial charge in [-0.3, -0.25) is 0 Å². The van der Waals surface area contributed by atoms with E-state index < -0.39 is 0 Å². The van der Waals surface area contributed by atoms with Gasteiger partial charge < -0.3 is 5.73 Å². The van der Waals surface area contributed by atoms with Crippen LogP contribution in [0.3, 0.4) is 0 Å². The molecule has 0 aliphatic carbocycles. The number of rotatable bonds is 2. The highest BCUT2D eigenvalue weighted by Crippen LogP contribution is 2.30. The van der Waals surface area contributed by atoms with Crippen molar-refractivity contribution in [1.29, 1.82) is 0 Å². The molecule has 0 saturated heterocycles. The van der Waals surface area contributed by atoms with Crippen LogP contribution in [0.5, 0.6) is 0 Å². The van der Waals surface area contributed by atoms with E-state index in [4.69, 9.17) is 28.9 Å². The molecule has 0 saturated carbocycles. The zero-order valence-corrected chi connectivity index (χ0v) is 10.4. The van der Waals surface area contributed by atoms with E-state index in [1.807, 2.05) is 0 Å². The van der Waals surface area contributed by atoms with Gasteiger partial charge in [0.1, 0.15) is 5.82 Å². The van der Waals surface area contributed by atoms with Crippen LogP contribution in [0.4, 0.5) is 4.39 Å². The number of halogens is 3. The second-order valence-corrected chi connectivity index (χ2v) is 4.46. The van der Waals surface area contributed by atoms with Crippen LogP contribution >= 0.6 is 23.2 Å². The summed E-state index contributed by atoms with van der Waals surface area (Å²) in [7, 11) is 0. The van der Waals surface area contributed by atoms with Crippen molar-refractivity contribution in [3.8, 4) is 11.1 Å². The van der Waals surface area contributed by atoms with E-state index in [0.29, 0.717) is 27.7 Å². The minimum Gasteiger partial charge on any atom is -0.326 e. The molecule has 0 heterocycles. The van der Waals surface area contributed by atoms with Crippen LogP contribution in [0.2, 0.25) is 10.0 Å². The summed E-state index contributed by atoms with van der Waals surface area (Å²) in [6.45, 7) is 0.370. The third-order valence-electron chi connectivity index (χ3n) is 2.50. The highest BCUT2D eigenvalue weighted by molar-refractivity contribution is 6.42. The molecule has 4 heteroatoms. The minimum atomic E-state index is -0.305. The second kappa shape index (κ2) is 5.05. The lowest BCUT2D eigenvalue weighted by molar-refractivity contribution is 0.630. The average molecular weight is 270 g/mol. The summed E-state index contributed by atoms with van der Waals surface area (Å²) in [6.07, 6.45) is 0. The Labute approximate surface area is 109 Å². The predicted octanol–water partition coefficient (Wildman–Crippen LogP) is 4.26. The maximum atomic E-state index is 13.7. The van der Waals surface area contributed by atoms with Crippen LogP contribution in [-0.4, -0.2) is 0 Å². The summed E-state index contributed by atoms with van der Waals surface area (Å²) in [6, 6.07) is 9.80. The Morgan fingerprint density at radius 2 is 1.76 bits per heavy atom. The van der Waals surface area contributed by atoms with Crippen LogP contribution in [0.15, 0.2) is 36.4 Å². The van der Waals surface area contributed by atoms with Gasteiger partial charge in [-0.1, -0.05) is 35.3 Å². The largest absolute Gasteiger partial charge is 0.326 e. The first-order chi connectivity index (χ1) is 8.11. The van der Waals surface area contributed by atoms with E-state index in [0.717, 1.165) is 5.56 Å². The van der Waals surface area contributed by atoms with Gasteiger partial charge in [-0.05, 0) is 35.4 Å². The van der Waals surface area contributed by atoms with Crippen molar-refractivity contribution in [2.45, 2.75) is 6.54 Å². The molecular formula is C13H10Cl2FN. The lowest BCUT2D eigenvalue weighted by Crippen LogP contribution is -1.97. The summed E-state index contributed by atoms with van der Waals surface area (Å²) >= 11 is 11.7. The van der Waals surface area contributed by atoms with Crippen molar-refractivity contribution >= 4 is 23.2 Å². The van der Waals surface area contributed by atoms with Gasteiger partial charge in [0.25, 0.3) is 0 Å². The molecule has 0 spiro atoms. The number of hydrogen-bond acceptors (Lipinski definition) is 1. The van der Waals surface area contributed by atoms with Gasteiger partial charge in [0.2, 0.25) is 0 Å². The van der Waals surface area contributed by atoms with Crippen LogP contribution < -0.4 is 5.73 Å². The molecule has 88 valence electrons. The average Bonchev–Trinajstić information content (AvgIpc) is 2.33. The zero-order valence-electron chi connectivity index (χ0n) is 8.88. The first kappa shape index (κ1) is 12.4. The Bertz CT molecular complexity index is 555. The van der Waals surface area contributed by atoms with Crippen LogP contribution in [0.1, 0.15) is 5.56 Å². The van der Waals surface area contributed by atoms with E-state index in [2.05, 4.69) is 0 Å². The Kier molecular flexibility index (Phi) is 3.67. The molecule has 0 unspecified atom stereocenters. The standard InChI is InChI=1S/C13H10Cl2FN/c14-11-3-2-9(6-12(11)15)10-5-8(7-17)1-4-13(10)16/h1-6H,7,17H2. The van der Waals surface area contributed by atoms with Crippen molar-refractivity contribution in [1.82, 2.24) is 0 Å². The molecule has 0 aliphatic heterocycles. The fourth-order valence-electron chi connectivity index (χ4n) is 1.58. The normalized spacial score (nSPS) is 10.6. The van der Waals surface area contributed by atoms with Crippen LogP contribution in [0.25, 0.3) is 11.1 Å². The quantitative estimate of drug-likeness (QED) is 0.866. The van der Waals surface area contributed by atoms with E-state index >= 15 is 0 Å². The molecule has 0 atom stereocenters. The van der Waals surface area contributed by atoms with Gasteiger partial charge >= 0.3 is 0 Å². The van der Waals surface area contributed by atoms with Crippen molar-refractivity contribution in [3.63, 3.8) is 0 Å². The molecule has 2 aromatic rings. The lowest BCUT2D eigenvalue weighted by Gasteiger charge is -2.07. The van der Waals surface area contributed by atoms with Crippen LogP contribution in [-0.2, 0) is 6.54 Å². The zero-order chi connectivity index (χ0) is 12.4. The first-order valence-corrected chi connectivity index (χ1v) is 5.81. The van der Waals surface area contributed by atoms with Gasteiger partial charge in [0.05, 0.1) is 10.0 Å². The Morgan fingerprint density at radius 1 is 1.00 bits per heavy atom. The van der Waals surface area contributed by atoms with Gasteiger partial charge in [0.15, 0.2) is 0 Å². The summed E-state index contributed by atoms with van der Waals surface area (Å²) in [4.78, 5) is 0. The molecule has 0 fully saturated rings. The lowest BCUT2D eigenvalue weighted by atomic mass is 10.0. The van der Waals surface area contributed by atoms with E-state index in [1.165, 1.54) is 6.07 Å². The van der Waals surface area contributed by atoms with E-state index in [1.54, 1.807) is 30.3 Å². The van der Waals surface area contributed by atoms with Gasteiger partial charge in [-0.25, -0.2) is 4.39 Å². The summed E-state index contributed by atoms with van der Waals surface area (Å²) in [5, 5.41) is 0.854. The first-order valence-electron chi connectivity index (χ1n) is 5.05. The Hall–Kier alpha value is -1.09. The number of nitrogens with two attached hydrogens (primary N) is 1. The molecule has 0 aliphatic rings. The number of benzene rings is 2. The van der Waals surface area contributed by atoms with Gasteiger partial charge in [0, 0.05) is 12.1 Å². The fraction of sp³-hybridized carbons (Fsp3) is 0.0769. The van der Waals surface area contributed by atoms with Crippen molar-refractivity contribution in [2.24, 2.45) is 5.73 Å². The third-order valence-corrected chi connectivity index (χ3v) is 3.24. The van der Waals surface area contributed by atoms with Gasteiger partial charge in [-0.15, -0.1) is 0 Å². The van der Waals surface area contributed by atoms with E-state index in [-0.39, 0.29) is 5.82 Å². The SMILES string of the molecule is NCc1ccc(F)c(-c2ccc(Cl)c(Cl)c2)c1. The van der Waals surface area contributed by atoms with Crippen molar-refractivity contribution < 1.29 is 4.39 Å². The molecule has 0 radical (unpaired) electrons. The Balaban J connectivity index is 2.55. The van der Waals surface area contributed by atoms with E-state index in [9.17, 15) is 4.39 Å².